The first-order valence-corrected chi connectivity index (χ1v) is 6.07. The van der Waals surface area contributed by atoms with E-state index >= 15 is 0 Å². The summed E-state index contributed by atoms with van der Waals surface area (Å²) in [5.41, 5.74) is 6.76. The number of nitrogens with two attached hydrogens (primary N) is 1. The summed E-state index contributed by atoms with van der Waals surface area (Å²) in [7, 11) is 0. The van der Waals surface area contributed by atoms with E-state index in [1.165, 1.54) is 0 Å². The van der Waals surface area contributed by atoms with Crippen molar-refractivity contribution in [3.8, 4) is 0 Å². The Bertz CT molecular complexity index is 378. The quantitative estimate of drug-likeness (QED) is 0.858. The minimum atomic E-state index is 0.0621. The van der Waals surface area contributed by atoms with Gasteiger partial charge in [-0.1, -0.05) is 18.2 Å². The average molecular weight is 233 g/mol. The van der Waals surface area contributed by atoms with E-state index in [0.717, 1.165) is 18.7 Å². The molecule has 1 saturated heterocycles. The predicted molar refractivity (Wildman–Crippen MR) is 68.4 cm³/mol. The fourth-order valence-electron chi connectivity index (χ4n) is 2.16. The number of hydrogen-bond donors (Lipinski definition) is 1. The summed E-state index contributed by atoms with van der Waals surface area (Å²) in [5.74, 6) is 0.156. The molecule has 0 radical (unpaired) electrons. The van der Waals surface area contributed by atoms with Crippen molar-refractivity contribution in [1.29, 1.82) is 0 Å². The molecule has 92 valence electrons. The lowest BCUT2D eigenvalue weighted by Gasteiger charge is -2.39. The van der Waals surface area contributed by atoms with E-state index in [4.69, 9.17) is 5.73 Å². The molecule has 1 unspecified atom stereocenters. The van der Waals surface area contributed by atoms with Crippen LogP contribution in [0, 0.1) is 0 Å². The molecule has 1 aromatic carbocycles. The topological polar surface area (TPSA) is 49.6 Å². The molecule has 1 amide bonds. The van der Waals surface area contributed by atoms with Crippen LogP contribution in [0.4, 0.5) is 5.69 Å². The highest BCUT2D eigenvalue weighted by atomic mass is 16.2. The van der Waals surface area contributed by atoms with E-state index < -0.39 is 0 Å². The van der Waals surface area contributed by atoms with Gasteiger partial charge in [-0.05, 0) is 25.5 Å². The standard InChI is InChI=1S/C13H19N3O/c1-11(14)10-15-9-5-8-13(17)16(15)12-6-3-2-4-7-12/h2-4,6-7,11H,5,8-10,14H2,1H3. The number of amides is 1. The van der Waals surface area contributed by atoms with Crippen LogP contribution >= 0.6 is 0 Å². The van der Waals surface area contributed by atoms with E-state index in [1.807, 2.05) is 42.3 Å². The maximum absolute atomic E-state index is 12.0. The van der Waals surface area contributed by atoms with Crippen molar-refractivity contribution < 1.29 is 4.79 Å². The van der Waals surface area contributed by atoms with Crippen molar-refractivity contribution in [2.45, 2.75) is 25.8 Å². The van der Waals surface area contributed by atoms with Crippen LogP contribution in [-0.2, 0) is 4.79 Å². The van der Waals surface area contributed by atoms with Gasteiger partial charge in [-0.15, -0.1) is 0 Å². The summed E-state index contributed by atoms with van der Waals surface area (Å²) in [6.07, 6.45) is 1.53. The maximum atomic E-state index is 12.0. The van der Waals surface area contributed by atoms with Crippen LogP contribution in [0.3, 0.4) is 0 Å². The molecule has 17 heavy (non-hydrogen) atoms. The normalized spacial score (nSPS) is 19.4. The first kappa shape index (κ1) is 12.1. The molecule has 1 aliphatic heterocycles. The highest BCUT2D eigenvalue weighted by Gasteiger charge is 2.27. The summed E-state index contributed by atoms with van der Waals surface area (Å²) in [6.45, 7) is 3.56. The second-order valence-corrected chi connectivity index (χ2v) is 4.53. The minimum absolute atomic E-state index is 0.0621. The van der Waals surface area contributed by atoms with Crippen LogP contribution in [0.5, 0.6) is 0 Å². The summed E-state index contributed by atoms with van der Waals surface area (Å²) < 4.78 is 0. The van der Waals surface area contributed by atoms with E-state index in [1.54, 1.807) is 5.01 Å². The highest BCUT2D eigenvalue weighted by Crippen LogP contribution is 2.21. The molecular weight excluding hydrogens is 214 g/mol. The van der Waals surface area contributed by atoms with Crippen LogP contribution in [0.2, 0.25) is 0 Å². The van der Waals surface area contributed by atoms with Gasteiger partial charge in [0, 0.05) is 25.6 Å². The maximum Gasteiger partial charge on any atom is 0.241 e. The summed E-state index contributed by atoms with van der Waals surface area (Å²) in [4.78, 5) is 12.0. The number of carbonyl (C=O) groups excluding carboxylic acids is 1. The molecule has 4 heteroatoms. The third-order valence-electron chi connectivity index (χ3n) is 2.83. The Labute approximate surface area is 102 Å². The summed E-state index contributed by atoms with van der Waals surface area (Å²) >= 11 is 0. The molecule has 1 fully saturated rings. The summed E-state index contributed by atoms with van der Waals surface area (Å²) in [5, 5.41) is 3.82. The molecule has 0 saturated carbocycles. The number of hydrazine groups is 1. The van der Waals surface area contributed by atoms with E-state index in [-0.39, 0.29) is 11.9 Å². The smallest absolute Gasteiger partial charge is 0.241 e. The van der Waals surface area contributed by atoms with Crippen molar-refractivity contribution in [2.24, 2.45) is 5.73 Å². The first-order valence-electron chi connectivity index (χ1n) is 6.07. The molecule has 2 rings (SSSR count). The lowest BCUT2D eigenvalue weighted by Crippen LogP contribution is -2.54. The van der Waals surface area contributed by atoms with Gasteiger partial charge in [0.05, 0.1) is 5.69 Å². The average Bonchev–Trinajstić information content (AvgIpc) is 2.29. The second kappa shape index (κ2) is 5.29. The SMILES string of the molecule is CC(N)CN1CCCC(=O)N1c1ccccc1. The van der Waals surface area contributed by atoms with Crippen LogP contribution in [0.15, 0.2) is 30.3 Å². The van der Waals surface area contributed by atoms with E-state index in [9.17, 15) is 4.79 Å². The van der Waals surface area contributed by atoms with Crippen molar-refractivity contribution in [3.05, 3.63) is 30.3 Å². The van der Waals surface area contributed by atoms with Gasteiger partial charge < -0.3 is 5.73 Å². The Kier molecular flexibility index (Phi) is 3.76. The Morgan fingerprint density at radius 2 is 2.06 bits per heavy atom. The van der Waals surface area contributed by atoms with Gasteiger partial charge in [-0.25, -0.2) is 10.0 Å². The van der Waals surface area contributed by atoms with Crippen molar-refractivity contribution in [1.82, 2.24) is 5.01 Å². The molecule has 1 atom stereocenters. The Morgan fingerprint density at radius 3 is 2.71 bits per heavy atom. The lowest BCUT2D eigenvalue weighted by molar-refractivity contribution is -0.123. The highest BCUT2D eigenvalue weighted by molar-refractivity contribution is 5.93. The van der Waals surface area contributed by atoms with Crippen LogP contribution in [-0.4, -0.2) is 30.0 Å². The van der Waals surface area contributed by atoms with Gasteiger partial charge in [-0.3, -0.25) is 4.79 Å². The first-order chi connectivity index (χ1) is 8.18. The zero-order valence-corrected chi connectivity index (χ0v) is 10.2. The van der Waals surface area contributed by atoms with Gasteiger partial charge in [0.15, 0.2) is 0 Å². The minimum Gasteiger partial charge on any atom is -0.327 e. The number of benzene rings is 1. The number of hydrogen-bond acceptors (Lipinski definition) is 3. The van der Waals surface area contributed by atoms with E-state index in [0.29, 0.717) is 13.0 Å². The largest absolute Gasteiger partial charge is 0.327 e. The molecule has 0 spiro atoms. The fourth-order valence-corrected chi connectivity index (χ4v) is 2.16. The van der Waals surface area contributed by atoms with Gasteiger partial charge in [0.1, 0.15) is 0 Å². The molecule has 4 nitrogen and oxygen atoms in total. The Balaban J connectivity index is 2.22. The monoisotopic (exact) mass is 233 g/mol. The van der Waals surface area contributed by atoms with Gasteiger partial charge in [-0.2, -0.15) is 0 Å². The molecule has 1 aromatic rings. The molecule has 0 aliphatic carbocycles. The molecule has 2 N–H and O–H groups in total. The summed E-state index contributed by atoms with van der Waals surface area (Å²) in [6, 6.07) is 9.82. The number of nitrogens with zero attached hydrogens (tertiary/aromatic N) is 2. The van der Waals surface area contributed by atoms with Crippen molar-refractivity contribution in [2.75, 3.05) is 18.1 Å². The fraction of sp³-hybridized carbons (Fsp3) is 0.462. The number of anilines is 1. The second-order valence-electron chi connectivity index (χ2n) is 4.53. The third kappa shape index (κ3) is 2.84. The molecule has 0 aromatic heterocycles. The predicted octanol–water partition coefficient (Wildman–Crippen LogP) is 1.38. The van der Waals surface area contributed by atoms with Gasteiger partial charge in [0.25, 0.3) is 0 Å². The van der Waals surface area contributed by atoms with Crippen LogP contribution in [0.25, 0.3) is 0 Å². The molecule has 0 bridgehead atoms. The zero-order valence-electron chi connectivity index (χ0n) is 10.2. The van der Waals surface area contributed by atoms with Crippen LogP contribution < -0.4 is 10.7 Å². The van der Waals surface area contributed by atoms with Crippen molar-refractivity contribution >= 4 is 11.6 Å². The Morgan fingerprint density at radius 1 is 1.35 bits per heavy atom. The lowest BCUT2D eigenvalue weighted by atomic mass is 10.2. The molecule has 1 heterocycles. The van der Waals surface area contributed by atoms with Gasteiger partial charge >= 0.3 is 0 Å². The molecule has 1 aliphatic rings. The van der Waals surface area contributed by atoms with Crippen molar-refractivity contribution in [3.63, 3.8) is 0 Å². The van der Waals surface area contributed by atoms with Gasteiger partial charge in [0.2, 0.25) is 5.91 Å². The number of carbonyl (C=O) groups is 1. The zero-order chi connectivity index (χ0) is 12.3. The Hall–Kier alpha value is -1.39. The van der Waals surface area contributed by atoms with E-state index in [2.05, 4.69) is 0 Å². The third-order valence-corrected chi connectivity index (χ3v) is 2.83. The number of rotatable bonds is 3. The number of para-hydroxylation sites is 1. The van der Waals surface area contributed by atoms with Crippen LogP contribution in [0.1, 0.15) is 19.8 Å². The molecular formula is C13H19N3O.